The van der Waals surface area contributed by atoms with Crippen LogP contribution < -0.4 is 5.43 Å². The molecule has 1 aliphatic heterocycles. The van der Waals surface area contributed by atoms with E-state index in [9.17, 15) is 4.79 Å². The van der Waals surface area contributed by atoms with E-state index in [1.54, 1.807) is 5.01 Å². The number of hydrogen-bond donors (Lipinski definition) is 1. The van der Waals surface area contributed by atoms with E-state index in [0.29, 0.717) is 11.5 Å². The average molecular weight is 290 g/mol. The minimum atomic E-state index is -0.284. The highest BCUT2D eigenvalue weighted by molar-refractivity contribution is 5.94. The molecule has 4 heteroatoms. The van der Waals surface area contributed by atoms with Gasteiger partial charge < -0.3 is 4.74 Å². The third-order valence-electron chi connectivity index (χ3n) is 3.58. The molecule has 0 aromatic heterocycles. The van der Waals surface area contributed by atoms with Crippen molar-refractivity contribution < 1.29 is 9.53 Å². The number of nitrogens with one attached hydrogen (secondary N) is 1. The van der Waals surface area contributed by atoms with Crippen LogP contribution in [0.5, 0.6) is 0 Å². The molecule has 21 heavy (non-hydrogen) atoms. The monoisotopic (exact) mass is 290 g/mol. The van der Waals surface area contributed by atoms with Gasteiger partial charge in [-0.2, -0.15) is 0 Å². The summed E-state index contributed by atoms with van der Waals surface area (Å²) in [5.74, 6) is 0.414. The molecular formula is C17H26N2O2. The zero-order valence-corrected chi connectivity index (χ0v) is 13.6. The topological polar surface area (TPSA) is 41.6 Å². The summed E-state index contributed by atoms with van der Waals surface area (Å²) in [7, 11) is 0. The van der Waals surface area contributed by atoms with Gasteiger partial charge in [0.2, 0.25) is 0 Å². The van der Waals surface area contributed by atoms with Gasteiger partial charge >= 0.3 is 0 Å². The maximum absolute atomic E-state index is 12.7. The molecule has 1 aromatic carbocycles. The van der Waals surface area contributed by atoms with E-state index in [2.05, 4.69) is 19.3 Å². The van der Waals surface area contributed by atoms with Crippen molar-refractivity contribution in [2.45, 2.75) is 58.9 Å². The van der Waals surface area contributed by atoms with Gasteiger partial charge in [0.1, 0.15) is 6.23 Å². The quantitative estimate of drug-likeness (QED) is 0.929. The molecule has 0 radical (unpaired) electrons. The summed E-state index contributed by atoms with van der Waals surface area (Å²) in [6, 6.07) is 9.59. The molecule has 4 nitrogen and oxygen atoms in total. The predicted octanol–water partition coefficient (Wildman–Crippen LogP) is 3.20. The minimum Gasteiger partial charge on any atom is -0.351 e. The first-order chi connectivity index (χ1) is 9.78. The fraction of sp³-hybridized carbons (Fsp3) is 0.588. The van der Waals surface area contributed by atoms with Gasteiger partial charge in [-0.05, 0) is 38.8 Å². The smallest absolute Gasteiger partial charge is 0.270 e. The van der Waals surface area contributed by atoms with E-state index >= 15 is 0 Å². The Bertz CT molecular complexity index is 479. The van der Waals surface area contributed by atoms with Crippen molar-refractivity contribution in [3.05, 3.63) is 35.9 Å². The highest BCUT2D eigenvalue weighted by atomic mass is 16.5. The molecule has 1 saturated heterocycles. The van der Waals surface area contributed by atoms with Crippen LogP contribution >= 0.6 is 0 Å². The first-order valence-corrected chi connectivity index (χ1v) is 7.60. The standard InChI is InChI=1S/C17H26N2O2/c1-12(2)14-11-15(21-17(3,4)5)19(18-14)16(20)13-9-7-6-8-10-13/h6-10,12,14-15,18H,11H2,1-5H3/t14-,15+/m0/s1. The first-order valence-electron chi connectivity index (χ1n) is 7.60. The molecule has 1 aliphatic rings. The Hall–Kier alpha value is -1.39. The Labute approximate surface area is 127 Å². The molecule has 1 amide bonds. The van der Waals surface area contributed by atoms with Crippen LogP contribution in [0, 0.1) is 5.92 Å². The second-order valence-corrected chi connectivity index (χ2v) is 6.94. The van der Waals surface area contributed by atoms with E-state index in [0.717, 1.165) is 6.42 Å². The van der Waals surface area contributed by atoms with Crippen molar-refractivity contribution in [2.24, 2.45) is 5.92 Å². The van der Waals surface area contributed by atoms with E-state index < -0.39 is 0 Å². The van der Waals surface area contributed by atoms with Crippen LogP contribution in [0.25, 0.3) is 0 Å². The van der Waals surface area contributed by atoms with Crippen LogP contribution in [0.2, 0.25) is 0 Å². The molecule has 2 rings (SSSR count). The molecule has 1 heterocycles. The Morgan fingerprint density at radius 2 is 1.90 bits per heavy atom. The van der Waals surface area contributed by atoms with Gasteiger partial charge in [0.15, 0.2) is 0 Å². The van der Waals surface area contributed by atoms with Gasteiger partial charge in [-0.1, -0.05) is 32.0 Å². The lowest BCUT2D eigenvalue weighted by Gasteiger charge is -2.30. The number of amides is 1. The summed E-state index contributed by atoms with van der Waals surface area (Å²) in [6.07, 6.45) is 0.582. The third kappa shape index (κ3) is 4.05. The van der Waals surface area contributed by atoms with Gasteiger partial charge in [-0.15, -0.1) is 0 Å². The number of carbonyl (C=O) groups is 1. The highest BCUT2D eigenvalue weighted by Crippen LogP contribution is 2.26. The summed E-state index contributed by atoms with van der Waals surface area (Å²) in [6.45, 7) is 10.4. The molecule has 0 saturated carbocycles. The van der Waals surface area contributed by atoms with Crippen molar-refractivity contribution in [1.29, 1.82) is 0 Å². The molecule has 2 atom stereocenters. The van der Waals surface area contributed by atoms with Crippen LogP contribution in [0.3, 0.4) is 0 Å². The molecule has 0 spiro atoms. The summed E-state index contributed by atoms with van der Waals surface area (Å²) in [4.78, 5) is 12.7. The fourth-order valence-electron chi connectivity index (χ4n) is 2.48. The van der Waals surface area contributed by atoms with Crippen LogP contribution in [-0.4, -0.2) is 28.8 Å². The number of ether oxygens (including phenoxy) is 1. The van der Waals surface area contributed by atoms with Crippen LogP contribution in [0.4, 0.5) is 0 Å². The first kappa shape index (κ1) is 16.0. The van der Waals surface area contributed by atoms with Gasteiger partial charge in [0.05, 0.1) is 5.60 Å². The normalized spacial score (nSPS) is 22.9. The zero-order chi connectivity index (χ0) is 15.6. The Morgan fingerprint density at radius 3 is 2.43 bits per heavy atom. The van der Waals surface area contributed by atoms with E-state index in [4.69, 9.17) is 4.74 Å². The second kappa shape index (κ2) is 6.16. The predicted molar refractivity (Wildman–Crippen MR) is 83.6 cm³/mol. The van der Waals surface area contributed by atoms with Crippen molar-refractivity contribution in [3.63, 3.8) is 0 Å². The lowest BCUT2D eigenvalue weighted by atomic mass is 10.0. The van der Waals surface area contributed by atoms with Crippen molar-refractivity contribution in [3.8, 4) is 0 Å². The maximum Gasteiger partial charge on any atom is 0.270 e. The number of nitrogens with zero attached hydrogens (tertiary/aromatic N) is 1. The molecule has 1 aromatic rings. The van der Waals surface area contributed by atoms with Crippen LogP contribution in [-0.2, 0) is 4.74 Å². The van der Waals surface area contributed by atoms with Gasteiger partial charge in [-0.25, -0.2) is 10.4 Å². The summed E-state index contributed by atoms with van der Waals surface area (Å²) in [5.41, 5.74) is 3.71. The largest absolute Gasteiger partial charge is 0.351 e. The summed E-state index contributed by atoms with van der Waals surface area (Å²) >= 11 is 0. The second-order valence-electron chi connectivity index (χ2n) is 6.94. The number of hydrazine groups is 1. The summed E-state index contributed by atoms with van der Waals surface area (Å²) in [5, 5.41) is 1.66. The SMILES string of the molecule is CC(C)[C@@H]1C[C@@H](OC(C)(C)C)N(C(=O)c2ccccc2)N1. The van der Waals surface area contributed by atoms with E-state index in [-0.39, 0.29) is 23.8 Å². The molecule has 0 unspecified atom stereocenters. The van der Waals surface area contributed by atoms with Crippen molar-refractivity contribution >= 4 is 5.91 Å². The average Bonchev–Trinajstić information content (AvgIpc) is 2.81. The van der Waals surface area contributed by atoms with Crippen LogP contribution in [0.15, 0.2) is 30.3 Å². The maximum atomic E-state index is 12.7. The lowest BCUT2D eigenvalue weighted by Crippen LogP contribution is -2.47. The molecular weight excluding hydrogens is 264 g/mol. The Morgan fingerprint density at radius 1 is 1.29 bits per heavy atom. The van der Waals surface area contributed by atoms with Gasteiger partial charge in [-0.3, -0.25) is 4.79 Å². The fourth-order valence-corrected chi connectivity index (χ4v) is 2.48. The van der Waals surface area contributed by atoms with E-state index in [1.807, 2.05) is 51.1 Å². The van der Waals surface area contributed by atoms with Gasteiger partial charge in [0, 0.05) is 18.0 Å². The van der Waals surface area contributed by atoms with Crippen molar-refractivity contribution in [2.75, 3.05) is 0 Å². The highest BCUT2D eigenvalue weighted by Gasteiger charge is 2.39. The van der Waals surface area contributed by atoms with Gasteiger partial charge in [0.25, 0.3) is 5.91 Å². The number of hydrogen-bond acceptors (Lipinski definition) is 3. The number of rotatable bonds is 3. The molecule has 0 bridgehead atoms. The molecule has 1 fully saturated rings. The number of carbonyl (C=O) groups excluding carboxylic acids is 1. The zero-order valence-electron chi connectivity index (χ0n) is 13.6. The molecule has 0 aliphatic carbocycles. The van der Waals surface area contributed by atoms with E-state index in [1.165, 1.54) is 0 Å². The number of benzene rings is 1. The Kier molecular flexibility index (Phi) is 4.69. The minimum absolute atomic E-state index is 0.0343. The van der Waals surface area contributed by atoms with Crippen LogP contribution in [0.1, 0.15) is 51.4 Å². The molecule has 1 N–H and O–H groups in total. The molecule has 116 valence electrons. The van der Waals surface area contributed by atoms with Crippen molar-refractivity contribution in [1.82, 2.24) is 10.4 Å². The summed E-state index contributed by atoms with van der Waals surface area (Å²) < 4.78 is 6.08. The lowest BCUT2D eigenvalue weighted by molar-refractivity contribution is -0.112. The third-order valence-corrected chi connectivity index (χ3v) is 3.58. The Balaban J connectivity index is 2.19.